The molecular formula is C15H12Cl2F7N5O3. The summed E-state index contributed by atoms with van der Waals surface area (Å²) in [6, 6.07) is 0.390. The predicted molar refractivity (Wildman–Crippen MR) is 99.2 cm³/mol. The van der Waals surface area contributed by atoms with E-state index in [9.17, 15) is 45.6 Å². The monoisotopic (exact) mass is 513 g/mol. The smallest absolute Gasteiger partial charge is 0.328 e. The van der Waals surface area contributed by atoms with E-state index in [1.165, 1.54) is 0 Å². The first-order chi connectivity index (χ1) is 14.4. The van der Waals surface area contributed by atoms with Crippen LogP contribution in [0.5, 0.6) is 0 Å². The molecule has 0 bridgehead atoms. The molecule has 3 N–H and O–H groups in total. The molecule has 0 saturated heterocycles. The molecule has 0 atom stereocenters. The fourth-order valence-corrected chi connectivity index (χ4v) is 2.54. The van der Waals surface area contributed by atoms with Crippen LogP contribution in [0.2, 0.25) is 10.0 Å². The van der Waals surface area contributed by atoms with Gasteiger partial charge in [0.2, 0.25) is 5.82 Å². The molecule has 1 amide bonds. The van der Waals surface area contributed by atoms with Gasteiger partial charge in [-0.1, -0.05) is 37.0 Å². The molecule has 0 aliphatic rings. The number of carbonyl (C=O) groups is 1. The molecule has 178 valence electrons. The second-order valence-corrected chi connectivity index (χ2v) is 6.91. The molecule has 2 aromatic rings. The number of aromatic nitrogens is 2. The summed E-state index contributed by atoms with van der Waals surface area (Å²) in [5, 5.41) is 13.0. The second kappa shape index (κ2) is 9.87. The fourth-order valence-electron chi connectivity index (χ4n) is 1.92. The maximum absolute atomic E-state index is 14.0. The van der Waals surface area contributed by atoms with Crippen molar-refractivity contribution in [2.75, 3.05) is 5.32 Å². The van der Waals surface area contributed by atoms with Gasteiger partial charge in [-0.05, 0) is 12.1 Å². The van der Waals surface area contributed by atoms with E-state index in [0.29, 0.717) is 12.2 Å². The second-order valence-electron chi connectivity index (χ2n) is 6.12. The summed E-state index contributed by atoms with van der Waals surface area (Å²) in [7, 11) is 0. The topological polar surface area (TPSA) is 116 Å². The van der Waals surface area contributed by atoms with E-state index in [-0.39, 0.29) is 10.7 Å². The Balaban J connectivity index is 0.00000118. The number of carbonyl (C=O) groups excluding carboxylic acids is 1. The molecule has 0 saturated carbocycles. The third-order valence-corrected chi connectivity index (χ3v) is 3.72. The summed E-state index contributed by atoms with van der Waals surface area (Å²) >= 11 is 11.1. The lowest BCUT2D eigenvalue weighted by Gasteiger charge is -2.16. The van der Waals surface area contributed by atoms with Crippen LogP contribution in [0.3, 0.4) is 0 Å². The molecule has 0 aliphatic heterocycles. The SMILES string of the molecule is CC(C)N.O=C(Nc1c([N+](=O)[O-])cnn1-c1c(Cl)cc(C(F)(F)F)c(F)c1Cl)C(F)(F)F. The number of nitrogens with one attached hydrogen (secondary N) is 1. The van der Waals surface area contributed by atoms with Crippen molar-refractivity contribution in [1.29, 1.82) is 0 Å². The normalized spacial score (nSPS) is 11.8. The molecular weight excluding hydrogens is 502 g/mol. The van der Waals surface area contributed by atoms with Crippen molar-refractivity contribution in [2.24, 2.45) is 5.73 Å². The quantitative estimate of drug-likeness (QED) is 0.256. The van der Waals surface area contributed by atoms with Gasteiger partial charge >= 0.3 is 23.9 Å². The Morgan fingerprint density at radius 3 is 2.16 bits per heavy atom. The molecule has 1 aromatic carbocycles. The summed E-state index contributed by atoms with van der Waals surface area (Å²) in [5.41, 5.74) is 1.07. The lowest BCUT2D eigenvalue weighted by molar-refractivity contribution is -0.384. The van der Waals surface area contributed by atoms with Crippen LogP contribution in [0.4, 0.5) is 42.2 Å². The average Bonchev–Trinajstić information content (AvgIpc) is 2.99. The Morgan fingerprint density at radius 1 is 1.25 bits per heavy atom. The molecule has 1 aromatic heterocycles. The van der Waals surface area contributed by atoms with E-state index in [2.05, 4.69) is 5.10 Å². The number of rotatable bonds is 3. The first-order valence-electron chi connectivity index (χ1n) is 8.00. The van der Waals surface area contributed by atoms with E-state index in [1.54, 1.807) is 0 Å². The summed E-state index contributed by atoms with van der Waals surface area (Å²) in [5.74, 6) is -5.98. The third kappa shape index (κ3) is 6.43. The lowest BCUT2D eigenvalue weighted by atomic mass is 10.1. The van der Waals surface area contributed by atoms with Crippen LogP contribution < -0.4 is 11.1 Å². The highest BCUT2D eigenvalue weighted by atomic mass is 35.5. The van der Waals surface area contributed by atoms with Gasteiger partial charge in [-0.3, -0.25) is 20.2 Å². The van der Waals surface area contributed by atoms with Crippen LogP contribution in [0.1, 0.15) is 19.4 Å². The maximum Gasteiger partial charge on any atom is 0.471 e. The molecule has 1 heterocycles. The zero-order chi connectivity index (χ0) is 25.2. The van der Waals surface area contributed by atoms with Crippen LogP contribution in [0.25, 0.3) is 5.69 Å². The zero-order valence-electron chi connectivity index (χ0n) is 15.8. The van der Waals surface area contributed by atoms with Gasteiger partial charge < -0.3 is 5.73 Å². The highest BCUT2D eigenvalue weighted by Crippen LogP contribution is 2.42. The Bertz CT molecular complexity index is 1020. The van der Waals surface area contributed by atoms with Crippen molar-refractivity contribution in [2.45, 2.75) is 32.2 Å². The minimum atomic E-state index is -5.48. The van der Waals surface area contributed by atoms with Crippen LogP contribution in [0, 0.1) is 15.9 Å². The minimum absolute atomic E-state index is 0.0565. The van der Waals surface area contributed by atoms with Crippen molar-refractivity contribution in [1.82, 2.24) is 9.78 Å². The van der Waals surface area contributed by atoms with Crippen molar-refractivity contribution >= 4 is 40.6 Å². The maximum atomic E-state index is 14.0. The van der Waals surface area contributed by atoms with Crippen LogP contribution in [-0.2, 0) is 11.0 Å². The number of nitrogens with zero attached hydrogens (tertiary/aromatic N) is 3. The molecule has 0 radical (unpaired) electrons. The lowest BCUT2D eigenvalue weighted by Crippen LogP contribution is -2.31. The molecule has 17 heteroatoms. The van der Waals surface area contributed by atoms with E-state index >= 15 is 0 Å². The summed E-state index contributed by atoms with van der Waals surface area (Å²) in [6.07, 6.45) is -10.4. The van der Waals surface area contributed by atoms with Gasteiger partial charge in [-0.15, -0.1) is 0 Å². The summed E-state index contributed by atoms with van der Waals surface area (Å²) < 4.78 is 89.9. The number of halogens is 9. The zero-order valence-corrected chi connectivity index (χ0v) is 17.3. The molecule has 32 heavy (non-hydrogen) atoms. The highest BCUT2D eigenvalue weighted by molar-refractivity contribution is 6.38. The average molecular weight is 514 g/mol. The predicted octanol–water partition coefficient (Wildman–Crippen LogP) is 5.10. The van der Waals surface area contributed by atoms with E-state index < -0.39 is 61.8 Å². The fraction of sp³-hybridized carbons (Fsp3) is 0.333. The number of alkyl halides is 6. The van der Waals surface area contributed by atoms with Crippen molar-refractivity contribution < 1.29 is 40.5 Å². The number of nitrogens with two attached hydrogens (primary N) is 1. The molecule has 2 rings (SSSR count). The van der Waals surface area contributed by atoms with Gasteiger partial charge in [0.15, 0.2) is 5.82 Å². The van der Waals surface area contributed by atoms with Crippen molar-refractivity contribution in [3.63, 3.8) is 0 Å². The van der Waals surface area contributed by atoms with Gasteiger partial charge in [-0.2, -0.15) is 31.4 Å². The Hall–Kier alpha value is -2.65. The third-order valence-electron chi connectivity index (χ3n) is 3.09. The van der Waals surface area contributed by atoms with Gasteiger partial charge in [-0.25, -0.2) is 9.07 Å². The number of hydrogen-bond donors (Lipinski definition) is 2. The van der Waals surface area contributed by atoms with E-state index in [0.717, 1.165) is 5.32 Å². The molecule has 0 aliphatic carbocycles. The number of hydrogen-bond acceptors (Lipinski definition) is 5. The number of anilines is 1. The number of benzene rings is 1. The van der Waals surface area contributed by atoms with Gasteiger partial charge in [0, 0.05) is 0 Å². The molecule has 0 unspecified atom stereocenters. The van der Waals surface area contributed by atoms with Gasteiger partial charge in [0.1, 0.15) is 16.9 Å². The molecule has 8 nitrogen and oxygen atoms in total. The summed E-state index contributed by atoms with van der Waals surface area (Å²) in [6.45, 7) is 3.89. The van der Waals surface area contributed by atoms with E-state index in [1.807, 2.05) is 13.8 Å². The van der Waals surface area contributed by atoms with Gasteiger partial charge in [0.05, 0.1) is 15.5 Å². The standard InChI is InChI=1S/C12H3Cl2F7N4O3.C3H9N/c13-4-1-3(11(16,17)18)7(15)6(14)8(4)24-9(5(2-22-24)25(27)28)23-10(26)12(19,20)21;1-3(2)4/h1-2H,(H,23,26);3H,4H2,1-2H3. The van der Waals surface area contributed by atoms with Crippen molar-refractivity contribution in [3.05, 3.63) is 43.8 Å². The Kier molecular flexibility index (Phi) is 8.45. The van der Waals surface area contributed by atoms with Gasteiger partial charge in [0.25, 0.3) is 0 Å². The summed E-state index contributed by atoms with van der Waals surface area (Å²) in [4.78, 5) is 20.8. The first-order valence-corrected chi connectivity index (χ1v) is 8.76. The highest BCUT2D eigenvalue weighted by Gasteiger charge is 2.42. The van der Waals surface area contributed by atoms with Crippen molar-refractivity contribution in [3.8, 4) is 5.69 Å². The minimum Gasteiger partial charge on any atom is -0.328 e. The van der Waals surface area contributed by atoms with E-state index in [4.69, 9.17) is 28.9 Å². The molecule has 0 fully saturated rings. The number of amides is 1. The molecule has 0 spiro atoms. The van der Waals surface area contributed by atoms with Crippen LogP contribution >= 0.6 is 23.2 Å². The first kappa shape index (κ1) is 27.4. The largest absolute Gasteiger partial charge is 0.471 e. The van der Waals surface area contributed by atoms with Crippen LogP contribution in [-0.4, -0.2) is 32.8 Å². The van der Waals surface area contributed by atoms with Crippen LogP contribution in [0.15, 0.2) is 12.3 Å². The Labute approximate surface area is 184 Å². The number of nitro groups is 1. The Morgan fingerprint density at radius 2 is 1.75 bits per heavy atom.